The molecule has 0 fully saturated rings. The van der Waals surface area contributed by atoms with E-state index >= 15 is 0 Å². The molecule has 0 heterocycles. The molecule has 0 atom stereocenters. The zero-order valence-electron chi connectivity index (χ0n) is 12.7. The second-order valence-corrected chi connectivity index (χ2v) is 6.13. The third kappa shape index (κ3) is 5.27. The summed E-state index contributed by atoms with van der Waals surface area (Å²) in [5.41, 5.74) is -0.786. The van der Waals surface area contributed by atoms with E-state index < -0.39 is 11.7 Å². The molecular weight excluding hydrogens is 279 g/mol. The van der Waals surface area contributed by atoms with Crippen molar-refractivity contribution in [1.82, 2.24) is 4.90 Å². The molecule has 116 valence electrons. The third-order valence-corrected chi connectivity index (χ3v) is 2.96. The van der Waals surface area contributed by atoms with Crippen LogP contribution in [0.1, 0.15) is 25.0 Å². The van der Waals surface area contributed by atoms with Crippen molar-refractivity contribution in [1.29, 1.82) is 5.26 Å². The van der Waals surface area contributed by atoms with Crippen LogP contribution >= 0.6 is 0 Å². The molecule has 1 rings (SSSR count). The molecule has 0 bridgehead atoms. The van der Waals surface area contributed by atoms with Gasteiger partial charge >= 0.3 is 6.18 Å². The summed E-state index contributed by atoms with van der Waals surface area (Å²) in [6.07, 6.45) is -4.51. The first kappa shape index (κ1) is 17.3. The quantitative estimate of drug-likeness (QED) is 0.903. The topological polar surface area (TPSA) is 39.1 Å². The summed E-state index contributed by atoms with van der Waals surface area (Å²) in [7, 11) is 3.93. The first-order chi connectivity index (χ1) is 9.55. The van der Waals surface area contributed by atoms with Crippen molar-refractivity contribution in [3.63, 3.8) is 0 Å². The molecule has 3 nitrogen and oxygen atoms in total. The molecule has 0 spiro atoms. The lowest BCUT2D eigenvalue weighted by atomic mass is 9.92. The average molecular weight is 299 g/mol. The number of benzene rings is 1. The molecule has 0 saturated heterocycles. The molecule has 0 aliphatic rings. The summed E-state index contributed by atoms with van der Waals surface area (Å²) >= 11 is 0. The summed E-state index contributed by atoms with van der Waals surface area (Å²) in [5, 5.41) is 12.0. The fourth-order valence-electron chi connectivity index (χ4n) is 2.25. The van der Waals surface area contributed by atoms with Gasteiger partial charge in [-0.3, -0.25) is 0 Å². The molecule has 1 N–H and O–H groups in total. The van der Waals surface area contributed by atoms with Gasteiger partial charge in [-0.25, -0.2) is 0 Å². The predicted molar refractivity (Wildman–Crippen MR) is 77.0 cm³/mol. The number of anilines is 1. The first-order valence-electron chi connectivity index (χ1n) is 6.55. The van der Waals surface area contributed by atoms with Gasteiger partial charge in [-0.1, -0.05) is 13.8 Å². The molecule has 0 amide bonds. The Morgan fingerprint density at radius 2 is 1.86 bits per heavy atom. The standard InChI is InChI=1S/C15H20F3N3/c1-14(2,10-21(3)4)9-20-12-5-6-13(15(16,17)18)11(7-12)8-19/h5-7,20H,9-10H2,1-4H3. The van der Waals surface area contributed by atoms with Crippen LogP contribution in [0.3, 0.4) is 0 Å². The van der Waals surface area contributed by atoms with E-state index in [2.05, 4.69) is 24.1 Å². The Bertz CT molecular complexity index is 528. The molecule has 0 unspecified atom stereocenters. The zero-order valence-corrected chi connectivity index (χ0v) is 12.7. The van der Waals surface area contributed by atoms with E-state index in [1.165, 1.54) is 12.1 Å². The van der Waals surface area contributed by atoms with Gasteiger partial charge in [0.2, 0.25) is 0 Å². The maximum Gasteiger partial charge on any atom is 0.417 e. The number of nitriles is 1. The molecule has 21 heavy (non-hydrogen) atoms. The maximum absolute atomic E-state index is 12.7. The van der Waals surface area contributed by atoms with E-state index in [0.29, 0.717) is 12.2 Å². The van der Waals surface area contributed by atoms with Crippen LogP contribution in [0.15, 0.2) is 18.2 Å². The minimum Gasteiger partial charge on any atom is -0.384 e. The van der Waals surface area contributed by atoms with Crippen LogP contribution < -0.4 is 5.32 Å². The highest BCUT2D eigenvalue weighted by atomic mass is 19.4. The number of nitrogens with one attached hydrogen (secondary N) is 1. The average Bonchev–Trinajstić information content (AvgIpc) is 2.33. The number of rotatable bonds is 5. The summed E-state index contributed by atoms with van der Waals surface area (Å²) < 4.78 is 38.1. The molecule has 6 heteroatoms. The first-order valence-corrected chi connectivity index (χ1v) is 6.55. The minimum absolute atomic E-state index is 0.0427. The highest BCUT2D eigenvalue weighted by Crippen LogP contribution is 2.33. The van der Waals surface area contributed by atoms with Crippen LogP contribution in [0.2, 0.25) is 0 Å². The van der Waals surface area contributed by atoms with E-state index in [-0.39, 0.29) is 11.0 Å². The van der Waals surface area contributed by atoms with Crippen molar-refractivity contribution in [3.05, 3.63) is 29.3 Å². The van der Waals surface area contributed by atoms with Crippen LogP contribution in [-0.2, 0) is 6.18 Å². The smallest absolute Gasteiger partial charge is 0.384 e. The van der Waals surface area contributed by atoms with Crippen molar-refractivity contribution < 1.29 is 13.2 Å². The van der Waals surface area contributed by atoms with Gasteiger partial charge in [0.25, 0.3) is 0 Å². The number of halogens is 3. The van der Waals surface area contributed by atoms with Gasteiger partial charge in [0, 0.05) is 18.8 Å². The van der Waals surface area contributed by atoms with Crippen LogP contribution in [-0.4, -0.2) is 32.1 Å². The van der Waals surface area contributed by atoms with Crippen LogP contribution in [0.25, 0.3) is 0 Å². The second-order valence-electron chi connectivity index (χ2n) is 6.13. The molecule has 0 aliphatic carbocycles. The summed E-state index contributed by atoms with van der Waals surface area (Å²) in [6.45, 7) is 5.57. The molecule has 0 aromatic heterocycles. The Morgan fingerprint density at radius 3 is 2.33 bits per heavy atom. The second kappa shape index (κ2) is 6.35. The van der Waals surface area contributed by atoms with E-state index in [9.17, 15) is 13.2 Å². The molecule has 1 aromatic rings. The fourth-order valence-corrected chi connectivity index (χ4v) is 2.25. The zero-order chi connectivity index (χ0) is 16.3. The van der Waals surface area contributed by atoms with Crippen molar-refractivity contribution in [2.45, 2.75) is 20.0 Å². The lowest BCUT2D eigenvalue weighted by Crippen LogP contribution is -2.34. The molecule has 0 aliphatic heterocycles. The van der Waals surface area contributed by atoms with Gasteiger partial charge in [-0.05, 0) is 37.7 Å². The molecular formula is C15H20F3N3. The monoisotopic (exact) mass is 299 g/mol. The number of nitrogens with zero attached hydrogens (tertiary/aromatic N) is 2. The normalized spacial score (nSPS) is 12.3. The number of hydrogen-bond donors (Lipinski definition) is 1. The van der Waals surface area contributed by atoms with Crippen molar-refractivity contribution in [3.8, 4) is 6.07 Å². The number of hydrogen-bond acceptors (Lipinski definition) is 3. The van der Waals surface area contributed by atoms with Crippen LogP contribution in [0.4, 0.5) is 18.9 Å². The van der Waals surface area contributed by atoms with E-state index in [4.69, 9.17) is 5.26 Å². The van der Waals surface area contributed by atoms with E-state index in [0.717, 1.165) is 12.6 Å². The highest BCUT2D eigenvalue weighted by molar-refractivity contribution is 5.53. The Balaban J connectivity index is 2.86. The van der Waals surface area contributed by atoms with E-state index in [1.807, 2.05) is 14.1 Å². The summed E-state index contributed by atoms with van der Waals surface area (Å²) in [6, 6.07) is 5.15. The minimum atomic E-state index is -4.51. The summed E-state index contributed by atoms with van der Waals surface area (Å²) in [4.78, 5) is 2.05. The van der Waals surface area contributed by atoms with Gasteiger partial charge in [0.15, 0.2) is 0 Å². The van der Waals surface area contributed by atoms with Gasteiger partial charge < -0.3 is 10.2 Å². The third-order valence-electron chi connectivity index (χ3n) is 2.96. The SMILES string of the molecule is CN(C)CC(C)(C)CNc1ccc(C(F)(F)F)c(C#N)c1. The predicted octanol–water partition coefficient (Wildman–Crippen LogP) is 3.58. The van der Waals surface area contributed by atoms with Gasteiger partial charge in [-0.15, -0.1) is 0 Å². The largest absolute Gasteiger partial charge is 0.417 e. The lowest BCUT2D eigenvalue weighted by Gasteiger charge is -2.29. The Hall–Kier alpha value is -1.74. The fraction of sp³-hybridized carbons (Fsp3) is 0.533. The maximum atomic E-state index is 12.7. The Morgan fingerprint density at radius 1 is 1.24 bits per heavy atom. The van der Waals surface area contributed by atoms with Crippen molar-refractivity contribution in [2.24, 2.45) is 5.41 Å². The van der Waals surface area contributed by atoms with Crippen molar-refractivity contribution >= 4 is 5.69 Å². The Kier molecular flexibility index (Phi) is 5.24. The van der Waals surface area contributed by atoms with Crippen molar-refractivity contribution in [2.75, 3.05) is 32.5 Å². The molecule has 0 saturated carbocycles. The van der Waals surface area contributed by atoms with Gasteiger partial charge in [0.1, 0.15) is 0 Å². The van der Waals surface area contributed by atoms with Crippen LogP contribution in [0.5, 0.6) is 0 Å². The number of alkyl halides is 3. The summed E-state index contributed by atoms with van der Waals surface area (Å²) in [5.74, 6) is 0. The molecule has 1 aromatic carbocycles. The lowest BCUT2D eigenvalue weighted by molar-refractivity contribution is -0.137. The van der Waals surface area contributed by atoms with Crippen LogP contribution in [0, 0.1) is 16.7 Å². The highest BCUT2D eigenvalue weighted by Gasteiger charge is 2.33. The van der Waals surface area contributed by atoms with Gasteiger partial charge in [-0.2, -0.15) is 18.4 Å². The molecule has 0 radical (unpaired) electrons. The Labute approximate surface area is 123 Å². The van der Waals surface area contributed by atoms with E-state index in [1.54, 1.807) is 6.07 Å². The van der Waals surface area contributed by atoms with Gasteiger partial charge in [0.05, 0.1) is 17.2 Å².